The second kappa shape index (κ2) is 10.1. The molecule has 1 amide bonds. The molecule has 6 nitrogen and oxygen atoms in total. The van der Waals surface area contributed by atoms with E-state index in [1.54, 1.807) is 6.92 Å². The molecule has 3 N–H and O–H groups in total. The van der Waals surface area contributed by atoms with Crippen LogP contribution in [0.15, 0.2) is 0 Å². The lowest BCUT2D eigenvalue weighted by Gasteiger charge is -2.18. The Morgan fingerprint density at radius 1 is 1.38 bits per heavy atom. The standard InChI is InChI=1S/C15H30N2O4/c1-11(2)7-17-15(19)12(3)16-8-13(18)9-20-10-14-5-4-6-21-14/h11-14,16,18H,4-10H2,1-3H3,(H,17,19). The molecule has 0 bridgehead atoms. The van der Waals surface area contributed by atoms with Gasteiger partial charge in [-0.25, -0.2) is 0 Å². The summed E-state index contributed by atoms with van der Waals surface area (Å²) in [5.41, 5.74) is 0. The number of amides is 1. The Morgan fingerprint density at radius 3 is 2.76 bits per heavy atom. The molecule has 1 aliphatic heterocycles. The largest absolute Gasteiger partial charge is 0.389 e. The van der Waals surface area contributed by atoms with E-state index in [9.17, 15) is 9.90 Å². The molecule has 0 aliphatic carbocycles. The van der Waals surface area contributed by atoms with E-state index in [4.69, 9.17) is 9.47 Å². The highest BCUT2D eigenvalue weighted by Crippen LogP contribution is 2.11. The highest BCUT2D eigenvalue weighted by molar-refractivity contribution is 5.81. The molecule has 1 heterocycles. The van der Waals surface area contributed by atoms with Crippen LogP contribution in [-0.2, 0) is 14.3 Å². The summed E-state index contributed by atoms with van der Waals surface area (Å²) in [5.74, 6) is 0.383. The lowest BCUT2D eigenvalue weighted by molar-refractivity contribution is -0.123. The number of ether oxygens (including phenoxy) is 2. The molecule has 0 radical (unpaired) electrons. The van der Waals surface area contributed by atoms with Gasteiger partial charge in [-0.3, -0.25) is 4.79 Å². The van der Waals surface area contributed by atoms with Gasteiger partial charge < -0.3 is 25.2 Å². The molecule has 6 heteroatoms. The summed E-state index contributed by atoms with van der Waals surface area (Å²) in [7, 11) is 0. The van der Waals surface area contributed by atoms with E-state index in [2.05, 4.69) is 10.6 Å². The molecule has 1 aliphatic rings. The molecule has 0 aromatic heterocycles. The summed E-state index contributed by atoms with van der Waals surface area (Å²) in [4.78, 5) is 11.7. The van der Waals surface area contributed by atoms with Crippen molar-refractivity contribution in [2.45, 2.75) is 51.9 Å². The number of hydrogen-bond acceptors (Lipinski definition) is 5. The van der Waals surface area contributed by atoms with Crippen LogP contribution in [-0.4, -0.2) is 62.2 Å². The van der Waals surface area contributed by atoms with Crippen LogP contribution in [0.5, 0.6) is 0 Å². The summed E-state index contributed by atoms with van der Waals surface area (Å²) < 4.78 is 10.9. The highest BCUT2D eigenvalue weighted by Gasteiger charge is 2.17. The van der Waals surface area contributed by atoms with E-state index in [1.807, 2.05) is 13.8 Å². The van der Waals surface area contributed by atoms with E-state index in [0.717, 1.165) is 19.4 Å². The molecule has 124 valence electrons. The topological polar surface area (TPSA) is 79.8 Å². The van der Waals surface area contributed by atoms with E-state index in [-0.39, 0.29) is 24.7 Å². The quantitative estimate of drug-likeness (QED) is 0.541. The predicted octanol–water partition coefficient (Wildman–Crippen LogP) is 0.293. The smallest absolute Gasteiger partial charge is 0.236 e. The Bertz CT molecular complexity index is 293. The monoisotopic (exact) mass is 302 g/mol. The molecule has 1 rings (SSSR count). The third-order valence-electron chi connectivity index (χ3n) is 3.38. The van der Waals surface area contributed by atoms with Crippen molar-refractivity contribution in [3.05, 3.63) is 0 Å². The van der Waals surface area contributed by atoms with Gasteiger partial charge in [-0.05, 0) is 25.7 Å². The lowest BCUT2D eigenvalue weighted by atomic mass is 10.2. The fourth-order valence-corrected chi connectivity index (χ4v) is 2.03. The maximum Gasteiger partial charge on any atom is 0.236 e. The van der Waals surface area contributed by atoms with E-state index >= 15 is 0 Å². The van der Waals surface area contributed by atoms with Crippen LogP contribution in [0, 0.1) is 5.92 Å². The van der Waals surface area contributed by atoms with Gasteiger partial charge in [0.2, 0.25) is 5.91 Å². The van der Waals surface area contributed by atoms with Crippen molar-refractivity contribution in [1.29, 1.82) is 0 Å². The second-order valence-corrected chi connectivity index (χ2v) is 6.10. The molecule has 3 unspecified atom stereocenters. The van der Waals surface area contributed by atoms with Crippen LogP contribution in [0.1, 0.15) is 33.6 Å². The minimum Gasteiger partial charge on any atom is -0.389 e. The lowest BCUT2D eigenvalue weighted by Crippen LogP contribution is -2.46. The van der Waals surface area contributed by atoms with Crippen molar-refractivity contribution >= 4 is 5.91 Å². The van der Waals surface area contributed by atoms with Crippen LogP contribution >= 0.6 is 0 Å². The van der Waals surface area contributed by atoms with Gasteiger partial charge in [0.1, 0.15) is 0 Å². The van der Waals surface area contributed by atoms with Crippen LogP contribution in [0.4, 0.5) is 0 Å². The Kier molecular flexibility index (Phi) is 8.84. The minimum absolute atomic E-state index is 0.0452. The fourth-order valence-electron chi connectivity index (χ4n) is 2.03. The first-order valence-corrected chi connectivity index (χ1v) is 7.87. The Balaban J connectivity index is 2.05. The van der Waals surface area contributed by atoms with Crippen LogP contribution in [0.2, 0.25) is 0 Å². The van der Waals surface area contributed by atoms with Gasteiger partial charge >= 0.3 is 0 Å². The Hall–Kier alpha value is -0.690. The van der Waals surface area contributed by atoms with Gasteiger partial charge in [-0.15, -0.1) is 0 Å². The van der Waals surface area contributed by atoms with Crippen molar-refractivity contribution < 1.29 is 19.4 Å². The van der Waals surface area contributed by atoms with Gasteiger partial charge in [0.25, 0.3) is 0 Å². The zero-order valence-corrected chi connectivity index (χ0v) is 13.4. The summed E-state index contributed by atoms with van der Waals surface area (Å²) in [6.07, 6.45) is 1.67. The minimum atomic E-state index is -0.619. The Morgan fingerprint density at radius 2 is 2.14 bits per heavy atom. The van der Waals surface area contributed by atoms with Gasteiger partial charge in [0.15, 0.2) is 0 Å². The zero-order valence-electron chi connectivity index (χ0n) is 13.4. The van der Waals surface area contributed by atoms with Crippen molar-refractivity contribution in [2.24, 2.45) is 5.92 Å². The first kappa shape index (κ1) is 18.4. The maximum atomic E-state index is 11.7. The number of carbonyl (C=O) groups excluding carboxylic acids is 1. The molecular formula is C15H30N2O4. The highest BCUT2D eigenvalue weighted by atomic mass is 16.5. The normalized spacial score (nSPS) is 21.5. The molecular weight excluding hydrogens is 272 g/mol. The predicted molar refractivity (Wildman–Crippen MR) is 81.1 cm³/mol. The average Bonchev–Trinajstić information content (AvgIpc) is 2.95. The molecule has 21 heavy (non-hydrogen) atoms. The molecule has 0 saturated carbocycles. The summed E-state index contributed by atoms with van der Waals surface area (Å²) in [6, 6.07) is -0.323. The third kappa shape index (κ3) is 8.36. The van der Waals surface area contributed by atoms with Gasteiger partial charge in [-0.1, -0.05) is 13.8 Å². The summed E-state index contributed by atoms with van der Waals surface area (Å²) >= 11 is 0. The molecule has 1 fully saturated rings. The third-order valence-corrected chi connectivity index (χ3v) is 3.38. The van der Waals surface area contributed by atoms with E-state index in [0.29, 0.717) is 25.6 Å². The Labute approximate surface area is 127 Å². The van der Waals surface area contributed by atoms with Crippen molar-refractivity contribution in [3.8, 4) is 0 Å². The van der Waals surface area contributed by atoms with Crippen molar-refractivity contribution in [2.75, 3.05) is 32.9 Å². The van der Waals surface area contributed by atoms with Gasteiger partial charge in [0.05, 0.1) is 31.5 Å². The van der Waals surface area contributed by atoms with Gasteiger partial charge in [0, 0.05) is 19.7 Å². The number of hydrogen-bond donors (Lipinski definition) is 3. The SMILES string of the molecule is CC(C)CNC(=O)C(C)NCC(O)COCC1CCCO1. The number of carbonyl (C=O) groups is 1. The van der Waals surface area contributed by atoms with Crippen LogP contribution in [0.25, 0.3) is 0 Å². The molecule has 3 atom stereocenters. The van der Waals surface area contributed by atoms with Crippen LogP contribution in [0.3, 0.4) is 0 Å². The van der Waals surface area contributed by atoms with Gasteiger partial charge in [-0.2, -0.15) is 0 Å². The van der Waals surface area contributed by atoms with Crippen molar-refractivity contribution in [1.82, 2.24) is 10.6 Å². The van der Waals surface area contributed by atoms with E-state index in [1.165, 1.54) is 0 Å². The van der Waals surface area contributed by atoms with Crippen LogP contribution < -0.4 is 10.6 Å². The first-order valence-electron chi connectivity index (χ1n) is 7.87. The number of rotatable bonds is 10. The van der Waals surface area contributed by atoms with Crippen molar-refractivity contribution in [3.63, 3.8) is 0 Å². The molecule has 0 spiro atoms. The second-order valence-electron chi connectivity index (χ2n) is 6.10. The molecule has 1 saturated heterocycles. The molecule has 0 aromatic carbocycles. The number of nitrogens with one attached hydrogen (secondary N) is 2. The zero-order chi connectivity index (χ0) is 15.7. The summed E-state index contributed by atoms with van der Waals surface area (Å²) in [5, 5.41) is 15.7. The summed E-state index contributed by atoms with van der Waals surface area (Å²) in [6.45, 7) is 8.48. The average molecular weight is 302 g/mol. The first-order chi connectivity index (χ1) is 9.99. The number of aliphatic hydroxyl groups is 1. The number of aliphatic hydroxyl groups excluding tert-OH is 1. The maximum absolute atomic E-state index is 11.7. The van der Waals surface area contributed by atoms with E-state index < -0.39 is 6.10 Å². The fraction of sp³-hybridized carbons (Fsp3) is 0.933. The molecule has 0 aromatic rings.